The second-order valence-electron chi connectivity index (χ2n) is 4.35. The lowest BCUT2D eigenvalue weighted by atomic mass is 10.4. The summed E-state index contributed by atoms with van der Waals surface area (Å²) in [6, 6.07) is 0. The average molecular weight is 436 g/mol. The first-order chi connectivity index (χ1) is 9.41. The Labute approximate surface area is 145 Å². The normalized spacial score (nSPS) is 12.3. The molecule has 21 heavy (non-hydrogen) atoms. The molecule has 0 fully saturated rings. The third-order valence-electron chi connectivity index (χ3n) is 2.65. The van der Waals surface area contributed by atoms with Gasteiger partial charge < -0.3 is 15.8 Å². The van der Waals surface area contributed by atoms with Crippen LogP contribution in [0.15, 0.2) is 4.99 Å². The van der Waals surface area contributed by atoms with Gasteiger partial charge in [-0.25, -0.2) is 12.7 Å². The van der Waals surface area contributed by atoms with Crippen molar-refractivity contribution in [3.05, 3.63) is 0 Å². The van der Waals surface area contributed by atoms with Crippen LogP contribution in [-0.2, 0) is 14.8 Å². The average Bonchev–Trinajstić information content (AvgIpc) is 2.37. The Hall–Kier alpha value is -0.130. The predicted octanol–water partition coefficient (Wildman–Crippen LogP) is 0.607. The highest BCUT2D eigenvalue weighted by molar-refractivity contribution is 14.0. The number of halogens is 1. The highest BCUT2D eigenvalue weighted by atomic mass is 127. The summed E-state index contributed by atoms with van der Waals surface area (Å²) in [7, 11) is -3.11. The van der Waals surface area contributed by atoms with Crippen LogP contribution in [0.4, 0.5) is 0 Å². The van der Waals surface area contributed by atoms with Crippen LogP contribution in [0.5, 0.6) is 0 Å². The summed E-state index contributed by atoms with van der Waals surface area (Å²) in [5.74, 6) is 0.393. The molecule has 0 atom stereocenters. The Morgan fingerprint density at radius 1 is 1.33 bits per heavy atom. The fraction of sp³-hybridized carbons (Fsp3) is 0.917. The summed E-state index contributed by atoms with van der Waals surface area (Å²) >= 11 is 0. The maximum Gasteiger partial charge on any atom is 0.211 e. The van der Waals surface area contributed by atoms with Crippen LogP contribution < -0.4 is 11.1 Å². The van der Waals surface area contributed by atoms with E-state index in [2.05, 4.69) is 10.3 Å². The molecule has 0 rings (SSSR count). The standard InChI is InChI=1S/C12H28N4O3S.HI/c1-4-16(20(3,17)18)10-6-8-14-12(13)15-9-7-11-19-5-2;/h4-11H2,1-3H3,(H3,13,14,15);1H. The number of hydrogen-bond acceptors (Lipinski definition) is 4. The molecule has 0 aliphatic carbocycles. The lowest BCUT2D eigenvalue weighted by molar-refractivity contribution is 0.146. The van der Waals surface area contributed by atoms with Gasteiger partial charge in [0, 0.05) is 39.4 Å². The number of nitrogens with two attached hydrogens (primary N) is 1. The molecule has 0 saturated carbocycles. The minimum atomic E-state index is -3.11. The smallest absolute Gasteiger partial charge is 0.211 e. The summed E-state index contributed by atoms with van der Waals surface area (Å²) in [5, 5.41) is 2.97. The van der Waals surface area contributed by atoms with E-state index in [-0.39, 0.29) is 24.0 Å². The van der Waals surface area contributed by atoms with Crippen LogP contribution in [0.1, 0.15) is 26.7 Å². The van der Waals surface area contributed by atoms with E-state index < -0.39 is 10.0 Å². The zero-order valence-corrected chi connectivity index (χ0v) is 16.3. The van der Waals surface area contributed by atoms with Crippen molar-refractivity contribution in [2.45, 2.75) is 26.7 Å². The first-order valence-corrected chi connectivity index (χ1v) is 8.83. The van der Waals surface area contributed by atoms with E-state index in [0.717, 1.165) is 6.42 Å². The summed E-state index contributed by atoms with van der Waals surface area (Å²) in [6.45, 7) is 7.38. The molecule has 0 spiro atoms. The highest BCUT2D eigenvalue weighted by Gasteiger charge is 2.12. The van der Waals surface area contributed by atoms with E-state index in [9.17, 15) is 8.42 Å². The van der Waals surface area contributed by atoms with Gasteiger partial charge in [-0.3, -0.25) is 4.99 Å². The van der Waals surface area contributed by atoms with E-state index in [1.54, 1.807) is 0 Å². The molecule has 0 radical (unpaired) electrons. The Morgan fingerprint density at radius 2 is 2.00 bits per heavy atom. The predicted molar refractivity (Wildman–Crippen MR) is 97.7 cm³/mol. The van der Waals surface area contributed by atoms with E-state index in [0.29, 0.717) is 51.8 Å². The van der Waals surface area contributed by atoms with Gasteiger partial charge in [-0.1, -0.05) is 6.92 Å². The lowest BCUT2D eigenvalue weighted by Gasteiger charge is -2.17. The molecule has 9 heteroatoms. The monoisotopic (exact) mass is 436 g/mol. The SMILES string of the molecule is CCOCCCN=C(N)NCCCN(CC)S(C)(=O)=O.I. The fourth-order valence-electron chi connectivity index (χ4n) is 1.60. The molecule has 3 N–H and O–H groups in total. The number of ether oxygens (including phenoxy) is 1. The Kier molecular flexibility index (Phi) is 14.9. The molecule has 128 valence electrons. The minimum absolute atomic E-state index is 0. The van der Waals surface area contributed by atoms with Gasteiger partial charge in [0.25, 0.3) is 0 Å². The van der Waals surface area contributed by atoms with E-state index in [4.69, 9.17) is 10.5 Å². The van der Waals surface area contributed by atoms with Crippen LogP contribution in [0.25, 0.3) is 0 Å². The second-order valence-corrected chi connectivity index (χ2v) is 6.33. The lowest BCUT2D eigenvalue weighted by Crippen LogP contribution is -2.36. The molecule has 0 aliphatic heterocycles. The van der Waals surface area contributed by atoms with Crippen molar-refractivity contribution in [2.24, 2.45) is 10.7 Å². The molecule has 0 unspecified atom stereocenters. The molecule has 0 aromatic rings. The zero-order chi connectivity index (χ0) is 15.4. The van der Waals surface area contributed by atoms with Crippen LogP contribution in [0.2, 0.25) is 0 Å². The van der Waals surface area contributed by atoms with Crippen molar-refractivity contribution in [1.29, 1.82) is 0 Å². The van der Waals surface area contributed by atoms with Crippen LogP contribution in [0.3, 0.4) is 0 Å². The minimum Gasteiger partial charge on any atom is -0.382 e. The maximum absolute atomic E-state index is 11.4. The molecule has 0 heterocycles. The Morgan fingerprint density at radius 3 is 2.52 bits per heavy atom. The number of rotatable bonds is 11. The molecular weight excluding hydrogens is 407 g/mol. The molecule has 0 bridgehead atoms. The van der Waals surface area contributed by atoms with Gasteiger partial charge in [0.2, 0.25) is 10.0 Å². The summed E-state index contributed by atoms with van der Waals surface area (Å²) in [5.41, 5.74) is 5.69. The number of sulfonamides is 1. The molecule has 0 aromatic heterocycles. The van der Waals surface area contributed by atoms with Crippen molar-refractivity contribution in [2.75, 3.05) is 45.6 Å². The Bertz CT molecular complexity index is 377. The van der Waals surface area contributed by atoms with E-state index in [1.165, 1.54) is 10.6 Å². The van der Waals surface area contributed by atoms with E-state index >= 15 is 0 Å². The van der Waals surface area contributed by atoms with Gasteiger partial charge in [-0.05, 0) is 19.8 Å². The second kappa shape index (κ2) is 13.5. The molecule has 0 saturated heterocycles. The third kappa shape index (κ3) is 13.3. The molecule has 0 amide bonds. The number of hydrogen-bond donors (Lipinski definition) is 2. The molecule has 7 nitrogen and oxygen atoms in total. The van der Waals surface area contributed by atoms with Crippen LogP contribution in [0, 0.1) is 0 Å². The first-order valence-electron chi connectivity index (χ1n) is 6.98. The number of nitrogens with zero attached hydrogens (tertiary/aromatic N) is 2. The third-order valence-corrected chi connectivity index (χ3v) is 4.02. The number of guanidine groups is 1. The topological polar surface area (TPSA) is 97.0 Å². The Balaban J connectivity index is 0. The number of nitrogens with one attached hydrogen (secondary N) is 1. The van der Waals surface area contributed by atoms with Crippen LogP contribution in [-0.4, -0.2) is 64.3 Å². The van der Waals surface area contributed by atoms with Gasteiger partial charge in [0.15, 0.2) is 5.96 Å². The van der Waals surface area contributed by atoms with E-state index in [1.807, 2.05) is 13.8 Å². The quantitative estimate of drug-likeness (QED) is 0.214. The van der Waals surface area contributed by atoms with Gasteiger partial charge in [0.05, 0.1) is 6.26 Å². The van der Waals surface area contributed by atoms with Crippen molar-refractivity contribution < 1.29 is 13.2 Å². The van der Waals surface area contributed by atoms with Gasteiger partial charge in [0.1, 0.15) is 0 Å². The van der Waals surface area contributed by atoms with Crippen molar-refractivity contribution in [3.8, 4) is 0 Å². The van der Waals surface area contributed by atoms with Gasteiger partial charge >= 0.3 is 0 Å². The van der Waals surface area contributed by atoms with Crippen molar-refractivity contribution in [3.63, 3.8) is 0 Å². The van der Waals surface area contributed by atoms with Gasteiger partial charge in [-0.15, -0.1) is 24.0 Å². The zero-order valence-electron chi connectivity index (χ0n) is 13.2. The molecule has 0 aromatic carbocycles. The van der Waals surface area contributed by atoms with Crippen molar-refractivity contribution >= 4 is 40.0 Å². The summed E-state index contributed by atoms with van der Waals surface area (Å²) in [6.07, 6.45) is 2.75. The molecule has 0 aliphatic rings. The van der Waals surface area contributed by atoms with Crippen LogP contribution >= 0.6 is 24.0 Å². The summed E-state index contributed by atoms with van der Waals surface area (Å²) in [4.78, 5) is 4.15. The largest absolute Gasteiger partial charge is 0.382 e. The fourth-order valence-corrected chi connectivity index (χ4v) is 2.53. The highest BCUT2D eigenvalue weighted by Crippen LogP contribution is 1.97. The van der Waals surface area contributed by atoms with Gasteiger partial charge in [-0.2, -0.15) is 0 Å². The first kappa shape index (κ1) is 23.1. The summed E-state index contributed by atoms with van der Waals surface area (Å²) < 4.78 is 29.4. The number of aliphatic imine (C=N–C) groups is 1. The van der Waals surface area contributed by atoms with Crippen molar-refractivity contribution in [1.82, 2.24) is 9.62 Å². The maximum atomic E-state index is 11.4. The molecular formula is C12H29IN4O3S.